The van der Waals surface area contributed by atoms with E-state index < -0.39 is 11.6 Å². The molecule has 0 aliphatic rings. The van der Waals surface area contributed by atoms with Crippen molar-refractivity contribution < 1.29 is 13.6 Å². The third kappa shape index (κ3) is 4.20. The molecular weight excluding hydrogens is 420 g/mol. The molecule has 0 atom stereocenters. The van der Waals surface area contributed by atoms with E-state index in [1.807, 2.05) is 0 Å². The van der Waals surface area contributed by atoms with Crippen LogP contribution in [0.2, 0.25) is 0 Å². The summed E-state index contributed by atoms with van der Waals surface area (Å²) in [5.74, 6) is -1.41. The average Bonchev–Trinajstić information content (AvgIpc) is 3.42. The van der Waals surface area contributed by atoms with Crippen LogP contribution in [-0.4, -0.2) is 20.7 Å². The normalized spacial score (nSPS) is 10.6. The summed E-state index contributed by atoms with van der Waals surface area (Å²) in [5, 5.41) is 15.9. The predicted molar refractivity (Wildman–Crippen MR) is 112 cm³/mol. The number of thiazole rings is 1. The Bertz CT molecular complexity index is 1320. The van der Waals surface area contributed by atoms with Crippen molar-refractivity contribution in [3.05, 3.63) is 87.5 Å². The first-order valence-electron chi connectivity index (χ1n) is 9.19. The zero-order chi connectivity index (χ0) is 22.0. The molecule has 1 amide bonds. The quantitative estimate of drug-likeness (QED) is 0.504. The molecule has 0 aliphatic carbocycles. The second-order valence-electron chi connectivity index (χ2n) is 6.68. The maximum absolute atomic E-state index is 14.6. The van der Waals surface area contributed by atoms with Gasteiger partial charge in [-0.2, -0.15) is 10.4 Å². The van der Waals surface area contributed by atoms with E-state index in [0.717, 1.165) is 0 Å². The van der Waals surface area contributed by atoms with Crippen LogP contribution in [0.25, 0.3) is 16.9 Å². The molecule has 2 heterocycles. The lowest BCUT2D eigenvalue weighted by molar-refractivity contribution is 0.0954. The van der Waals surface area contributed by atoms with Crippen LogP contribution < -0.4 is 5.32 Å². The lowest BCUT2D eigenvalue weighted by Gasteiger charge is -2.08. The zero-order valence-corrected chi connectivity index (χ0v) is 17.1. The van der Waals surface area contributed by atoms with Gasteiger partial charge in [0.25, 0.3) is 5.91 Å². The summed E-state index contributed by atoms with van der Waals surface area (Å²) >= 11 is 1.23. The van der Waals surface area contributed by atoms with Crippen molar-refractivity contribution in [2.45, 2.75) is 13.5 Å². The number of aromatic nitrogens is 3. The number of aryl methyl sites for hydroxylation is 1. The molecular formula is C22H15F2N5OS. The van der Waals surface area contributed by atoms with Gasteiger partial charge in [0.05, 0.1) is 28.1 Å². The van der Waals surface area contributed by atoms with Crippen LogP contribution in [0.15, 0.2) is 54.2 Å². The van der Waals surface area contributed by atoms with Gasteiger partial charge in [0.15, 0.2) is 0 Å². The van der Waals surface area contributed by atoms with Gasteiger partial charge >= 0.3 is 0 Å². The molecule has 0 saturated carbocycles. The smallest absolute Gasteiger partial charge is 0.263 e. The van der Waals surface area contributed by atoms with Gasteiger partial charge in [-0.15, -0.1) is 11.3 Å². The first-order chi connectivity index (χ1) is 15.0. The number of hydrogen-bond donors (Lipinski definition) is 1. The van der Waals surface area contributed by atoms with E-state index in [4.69, 9.17) is 5.26 Å². The second kappa shape index (κ2) is 8.45. The molecule has 31 heavy (non-hydrogen) atoms. The predicted octanol–water partition coefficient (Wildman–Crippen LogP) is 4.38. The van der Waals surface area contributed by atoms with Crippen molar-refractivity contribution in [2.24, 2.45) is 0 Å². The Morgan fingerprint density at radius 2 is 2.03 bits per heavy atom. The number of rotatable bonds is 5. The van der Waals surface area contributed by atoms with Crippen LogP contribution in [0.4, 0.5) is 8.78 Å². The molecule has 4 aromatic rings. The van der Waals surface area contributed by atoms with E-state index in [1.165, 1.54) is 34.2 Å². The van der Waals surface area contributed by atoms with Crippen LogP contribution in [0, 0.1) is 29.9 Å². The van der Waals surface area contributed by atoms with Crippen LogP contribution in [-0.2, 0) is 6.54 Å². The largest absolute Gasteiger partial charge is 0.347 e. The minimum Gasteiger partial charge on any atom is -0.347 e. The Morgan fingerprint density at radius 3 is 2.71 bits per heavy atom. The number of halogens is 2. The second-order valence-corrected chi connectivity index (χ2v) is 7.53. The van der Waals surface area contributed by atoms with Crippen molar-refractivity contribution in [1.82, 2.24) is 20.1 Å². The maximum atomic E-state index is 14.6. The van der Waals surface area contributed by atoms with Crippen molar-refractivity contribution >= 4 is 17.2 Å². The van der Waals surface area contributed by atoms with E-state index in [0.29, 0.717) is 33.1 Å². The van der Waals surface area contributed by atoms with E-state index in [-0.39, 0.29) is 18.0 Å². The van der Waals surface area contributed by atoms with Crippen molar-refractivity contribution in [3.8, 4) is 23.0 Å². The van der Waals surface area contributed by atoms with E-state index in [9.17, 15) is 13.6 Å². The van der Waals surface area contributed by atoms with Crippen molar-refractivity contribution in [3.63, 3.8) is 0 Å². The molecule has 0 radical (unpaired) electrons. The molecule has 0 unspecified atom stereocenters. The van der Waals surface area contributed by atoms with Crippen LogP contribution in [0.3, 0.4) is 0 Å². The molecule has 6 nitrogen and oxygen atoms in total. The van der Waals surface area contributed by atoms with Gasteiger partial charge < -0.3 is 5.32 Å². The molecule has 0 aliphatic heterocycles. The summed E-state index contributed by atoms with van der Waals surface area (Å²) in [6.07, 6.45) is 1.63. The minimum absolute atomic E-state index is 0.0389. The first-order valence-corrected chi connectivity index (χ1v) is 10.1. The molecule has 0 bridgehead atoms. The summed E-state index contributed by atoms with van der Waals surface area (Å²) in [6.45, 7) is 1.78. The third-order valence-corrected chi connectivity index (χ3v) is 5.59. The number of hydrogen-bond acceptors (Lipinski definition) is 5. The summed E-state index contributed by atoms with van der Waals surface area (Å²) in [4.78, 5) is 16.7. The highest BCUT2D eigenvalue weighted by Gasteiger charge is 2.13. The third-order valence-electron chi connectivity index (χ3n) is 4.67. The van der Waals surface area contributed by atoms with Gasteiger partial charge in [-0.25, -0.2) is 18.4 Å². The molecule has 9 heteroatoms. The molecule has 2 aromatic heterocycles. The highest BCUT2D eigenvalue weighted by molar-refractivity contribution is 7.11. The summed E-state index contributed by atoms with van der Waals surface area (Å²) < 4.78 is 29.9. The standard InChI is InChI=1S/C22H15F2N5OS/c1-13-21(31-12-27-13)22(30)26-11-16-4-5-17(9-19(16)24)29-7-6-20(28-29)14-2-3-15(10-25)18(23)8-14/h2-9,12H,11H2,1H3,(H,26,30). The summed E-state index contributed by atoms with van der Waals surface area (Å²) in [6, 6.07) is 12.2. The minimum atomic E-state index is -0.625. The first kappa shape index (κ1) is 20.4. The van der Waals surface area contributed by atoms with Gasteiger partial charge in [-0.3, -0.25) is 4.79 Å². The lowest BCUT2D eigenvalue weighted by atomic mass is 10.1. The highest BCUT2D eigenvalue weighted by Crippen LogP contribution is 2.22. The Balaban J connectivity index is 1.50. The molecule has 154 valence electrons. The number of nitriles is 1. The average molecular weight is 435 g/mol. The van der Waals surface area contributed by atoms with Gasteiger partial charge in [-0.1, -0.05) is 12.1 Å². The molecule has 0 fully saturated rings. The van der Waals surface area contributed by atoms with E-state index in [2.05, 4.69) is 15.4 Å². The number of amides is 1. The topological polar surface area (TPSA) is 83.6 Å². The molecule has 1 N–H and O–H groups in total. The van der Waals surface area contributed by atoms with E-state index >= 15 is 0 Å². The zero-order valence-electron chi connectivity index (χ0n) is 16.3. The molecule has 0 spiro atoms. The maximum Gasteiger partial charge on any atom is 0.263 e. The fourth-order valence-corrected chi connectivity index (χ4v) is 3.70. The van der Waals surface area contributed by atoms with Crippen molar-refractivity contribution in [1.29, 1.82) is 5.26 Å². The molecule has 0 saturated heterocycles. The van der Waals surface area contributed by atoms with Gasteiger partial charge in [-0.05, 0) is 37.3 Å². The van der Waals surface area contributed by atoms with Crippen LogP contribution >= 0.6 is 11.3 Å². The number of carbonyl (C=O) groups is 1. The Kier molecular flexibility index (Phi) is 5.56. The van der Waals surface area contributed by atoms with Gasteiger partial charge in [0.1, 0.15) is 22.6 Å². The van der Waals surface area contributed by atoms with E-state index in [1.54, 1.807) is 49.0 Å². The fourth-order valence-electron chi connectivity index (χ4n) is 2.98. The number of nitrogens with one attached hydrogen (secondary N) is 1. The Morgan fingerprint density at radius 1 is 1.19 bits per heavy atom. The number of nitrogens with zero attached hydrogens (tertiary/aromatic N) is 4. The van der Waals surface area contributed by atoms with Crippen molar-refractivity contribution in [2.75, 3.05) is 0 Å². The van der Waals surface area contributed by atoms with Gasteiger partial charge in [0.2, 0.25) is 0 Å². The highest BCUT2D eigenvalue weighted by atomic mass is 32.1. The summed E-state index contributed by atoms with van der Waals surface area (Å²) in [7, 11) is 0. The SMILES string of the molecule is Cc1ncsc1C(=O)NCc1ccc(-n2ccc(-c3ccc(C#N)c(F)c3)n2)cc1F. The van der Waals surface area contributed by atoms with Crippen LogP contribution in [0.5, 0.6) is 0 Å². The Labute approximate surface area is 180 Å². The van der Waals surface area contributed by atoms with Gasteiger partial charge in [0, 0.05) is 23.9 Å². The number of benzene rings is 2. The summed E-state index contributed by atoms with van der Waals surface area (Å²) in [5.41, 5.74) is 3.98. The van der Waals surface area contributed by atoms with Crippen LogP contribution in [0.1, 0.15) is 26.5 Å². The fraction of sp³-hybridized carbons (Fsp3) is 0.0909. The Hall–Kier alpha value is -3.90. The molecule has 4 rings (SSSR count). The lowest BCUT2D eigenvalue weighted by Crippen LogP contribution is -2.23. The number of carbonyl (C=O) groups excluding carboxylic acids is 1. The molecule has 2 aromatic carbocycles. The monoisotopic (exact) mass is 435 g/mol.